The molecule has 20 heavy (non-hydrogen) atoms. The molecule has 1 unspecified atom stereocenters. The van der Waals surface area contributed by atoms with Crippen molar-refractivity contribution < 1.29 is 19.4 Å². The zero-order chi connectivity index (χ0) is 15.3. The highest BCUT2D eigenvalue weighted by atomic mass is 79.9. The van der Waals surface area contributed by atoms with Gasteiger partial charge in [-0.2, -0.15) is 0 Å². The van der Waals surface area contributed by atoms with Gasteiger partial charge in [-0.15, -0.1) is 0 Å². The number of carboxylic acids is 1. The molecule has 0 aromatic heterocycles. The molecule has 110 valence electrons. The number of carboxylic acid groups (broad SMARTS) is 1. The lowest BCUT2D eigenvalue weighted by atomic mass is 10.1. The molecule has 6 nitrogen and oxygen atoms in total. The average Bonchev–Trinajstić information content (AvgIpc) is 2.38. The molecule has 4 N–H and O–H groups in total. The van der Waals surface area contributed by atoms with E-state index in [0.717, 1.165) is 4.47 Å². The lowest BCUT2D eigenvalue weighted by Crippen LogP contribution is -2.36. The van der Waals surface area contributed by atoms with Gasteiger partial charge in [-0.1, -0.05) is 0 Å². The van der Waals surface area contributed by atoms with Crippen molar-refractivity contribution in [2.75, 3.05) is 12.4 Å². The summed E-state index contributed by atoms with van der Waals surface area (Å²) in [5.41, 5.74) is 6.13. The molecule has 1 aromatic rings. The molecular weight excluding hydrogens is 396 g/mol. The predicted molar refractivity (Wildman–Crippen MR) is 81.9 cm³/mol. The Kier molecular flexibility index (Phi) is 6.44. The SMILES string of the molecule is COc1cc(NC(=O)C(N)CCC(=O)O)c(Br)cc1Br. The molecule has 0 radical (unpaired) electrons. The fourth-order valence-corrected chi connectivity index (χ4v) is 2.67. The van der Waals surface area contributed by atoms with Gasteiger partial charge in [-0.3, -0.25) is 9.59 Å². The van der Waals surface area contributed by atoms with E-state index in [1.54, 1.807) is 12.1 Å². The molecule has 0 fully saturated rings. The minimum Gasteiger partial charge on any atom is -0.495 e. The van der Waals surface area contributed by atoms with Crippen LogP contribution >= 0.6 is 31.9 Å². The zero-order valence-corrected chi connectivity index (χ0v) is 13.8. The Morgan fingerprint density at radius 2 is 2.05 bits per heavy atom. The molecule has 0 saturated carbocycles. The lowest BCUT2D eigenvalue weighted by Gasteiger charge is -2.14. The number of carbonyl (C=O) groups is 2. The molecule has 0 saturated heterocycles. The molecular formula is C12H14Br2N2O4. The number of rotatable bonds is 6. The van der Waals surface area contributed by atoms with Crippen LogP contribution in [-0.2, 0) is 9.59 Å². The molecule has 0 heterocycles. The number of hydrogen-bond donors (Lipinski definition) is 3. The first-order chi connectivity index (χ1) is 9.35. The maximum absolute atomic E-state index is 11.9. The number of carbonyl (C=O) groups excluding carboxylic acids is 1. The predicted octanol–water partition coefficient (Wildman–Crippen LogP) is 2.35. The highest BCUT2D eigenvalue weighted by Gasteiger charge is 2.17. The van der Waals surface area contributed by atoms with Crippen LogP contribution in [0.3, 0.4) is 0 Å². The van der Waals surface area contributed by atoms with E-state index in [-0.39, 0.29) is 12.8 Å². The Morgan fingerprint density at radius 1 is 1.40 bits per heavy atom. The third-order valence-electron chi connectivity index (χ3n) is 2.51. The van der Waals surface area contributed by atoms with Gasteiger partial charge in [0, 0.05) is 17.0 Å². The highest BCUT2D eigenvalue weighted by Crippen LogP contribution is 2.34. The van der Waals surface area contributed by atoms with Crippen molar-refractivity contribution in [1.29, 1.82) is 0 Å². The first kappa shape index (κ1) is 16.9. The summed E-state index contributed by atoms with van der Waals surface area (Å²) in [6, 6.07) is 2.49. The second-order valence-corrected chi connectivity index (χ2v) is 5.70. The lowest BCUT2D eigenvalue weighted by molar-refractivity contribution is -0.137. The Bertz CT molecular complexity index is 522. The molecule has 1 amide bonds. The number of ether oxygens (including phenoxy) is 1. The fourth-order valence-electron chi connectivity index (χ4n) is 1.42. The third kappa shape index (κ3) is 4.77. The number of nitrogens with two attached hydrogens (primary N) is 1. The third-order valence-corrected chi connectivity index (χ3v) is 3.78. The summed E-state index contributed by atoms with van der Waals surface area (Å²) in [5.74, 6) is -0.876. The van der Waals surface area contributed by atoms with Crippen LogP contribution in [0.1, 0.15) is 12.8 Å². The van der Waals surface area contributed by atoms with Crippen LogP contribution in [-0.4, -0.2) is 30.1 Å². The van der Waals surface area contributed by atoms with Gasteiger partial charge in [-0.05, 0) is 44.3 Å². The monoisotopic (exact) mass is 408 g/mol. The van der Waals surface area contributed by atoms with E-state index in [2.05, 4.69) is 37.2 Å². The normalized spacial score (nSPS) is 11.8. The van der Waals surface area contributed by atoms with Gasteiger partial charge in [0.25, 0.3) is 0 Å². The van der Waals surface area contributed by atoms with Crippen LogP contribution in [0.4, 0.5) is 5.69 Å². The number of halogens is 2. The van der Waals surface area contributed by atoms with E-state index in [1.807, 2.05) is 0 Å². The van der Waals surface area contributed by atoms with Crippen LogP contribution in [0.2, 0.25) is 0 Å². The molecule has 0 aliphatic rings. The summed E-state index contributed by atoms with van der Waals surface area (Å²) in [5, 5.41) is 11.2. The van der Waals surface area contributed by atoms with Crippen molar-refractivity contribution in [3.8, 4) is 5.75 Å². The Hall–Kier alpha value is -1.12. The number of nitrogens with one attached hydrogen (secondary N) is 1. The number of anilines is 1. The van der Waals surface area contributed by atoms with E-state index < -0.39 is 17.9 Å². The fraction of sp³-hybridized carbons (Fsp3) is 0.333. The van der Waals surface area contributed by atoms with Crippen LogP contribution in [0.15, 0.2) is 21.1 Å². The topological polar surface area (TPSA) is 102 Å². The Morgan fingerprint density at radius 3 is 2.60 bits per heavy atom. The zero-order valence-electron chi connectivity index (χ0n) is 10.7. The first-order valence-electron chi connectivity index (χ1n) is 5.66. The van der Waals surface area contributed by atoms with Crippen LogP contribution in [0.5, 0.6) is 5.75 Å². The summed E-state index contributed by atoms with van der Waals surface area (Å²) >= 11 is 6.63. The van der Waals surface area contributed by atoms with Gasteiger partial charge in [-0.25, -0.2) is 0 Å². The summed E-state index contributed by atoms with van der Waals surface area (Å²) in [7, 11) is 1.51. The number of amides is 1. The Balaban J connectivity index is 2.77. The van der Waals surface area contributed by atoms with Gasteiger partial charge in [0.15, 0.2) is 0 Å². The van der Waals surface area contributed by atoms with E-state index in [4.69, 9.17) is 15.6 Å². The number of methoxy groups -OCH3 is 1. The summed E-state index contributed by atoms with van der Waals surface area (Å²) < 4.78 is 6.53. The highest BCUT2D eigenvalue weighted by molar-refractivity contribution is 9.11. The quantitative estimate of drug-likeness (QED) is 0.669. The molecule has 0 aliphatic heterocycles. The molecule has 1 rings (SSSR count). The second kappa shape index (κ2) is 7.61. The van der Waals surface area contributed by atoms with Gasteiger partial charge < -0.3 is 20.9 Å². The van der Waals surface area contributed by atoms with Gasteiger partial charge >= 0.3 is 5.97 Å². The van der Waals surface area contributed by atoms with Gasteiger partial charge in [0.05, 0.1) is 23.3 Å². The minimum absolute atomic E-state index is 0.0758. The molecule has 0 aliphatic carbocycles. The Labute approximate surface area is 132 Å². The summed E-state index contributed by atoms with van der Waals surface area (Å²) in [4.78, 5) is 22.3. The number of benzene rings is 1. The van der Waals surface area contributed by atoms with Crippen molar-refractivity contribution in [3.05, 3.63) is 21.1 Å². The summed E-state index contributed by atoms with van der Waals surface area (Å²) in [6.07, 6.45) is -0.0775. The molecule has 1 aromatic carbocycles. The number of hydrogen-bond acceptors (Lipinski definition) is 4. The van der Waals surface area contributed by atoms with E-state index in [9.17, 15) is 9.59 Å². The van der Waals surface area contributed by atoms with E-state index in [1.165, 1.54) is 7.11 Å². The molecule has 1 atom stereocenters. The van der Waals surface area contributed by atoms with Gasteiger partial charge in [0.2, 0.25) is 5.91 Å². The largest absolute Gasteiger partial charge is 0.495 e. The van der Waals surface area contributed by atoms with Crippen molar-refractivity contribution in [2.24, 2.45) is 5.73 Å². The van der Waals surface area contributed by atoms with Crippen LogP contribution in [0.25, 0.3) is 0 Å². The van der Waals surface area contributed by atoms with Crippen molar-refractivity contribution >= 4 is 49.4 Å². The summed E-state index contributed by atoms with van der Waals surface area (Å²) in [6.45, 7) is 0. The van der Waals surface area contributed by atoms with E-state index in [0.29, 0.717) is 15.9 Å². The minimum atomic E-state index is -0.986. The van der Waals surface area contributed by atoms with E-state index >= 15 is 0 Å². The molecule has 0 bridgehead atoms. The first-order valence-corrected chi connectivity index (χ1v) is 7.25. The van der Waals surface area contributed by atoms with Crippen molar-refractivity contribution in [2.45, 2.75) is 18.9 Å². The maximum atomic E-state index is 11.9. The van der Waals surface area contributed by atoms with Crippen molar-refractivity contribution in [3.63, 3.8) is 0 Å². The van der Waals surface area contributed by atoms with Gasteiger partial charge in [0.1, 0.15) is 5.75 Å². The average molecular weight is 410 g/mol. The standard InChI is InChI=1S/C12H14Br2N2O4/c1-20-10-5-9(6(13)4-7(10)14)16-12(19)8(15)2-3-11(17)18/h4-5,8H,2-3,15H2,1H3,(H,16,19)(H,17,18). The second-order valence-electron chi connectivity index (χ2n) is 3.99. The van der Waals surface area contributed by atoms with Crippen LogP contribution in [0, 0.1) is 0 Å². The van der Waals surface area contributed by atoms with Crippen molar-refractivity contribution in [1.82, 2.24) is 0 Å². The maximum Gasteiger partial charge on any atom is 0.303 e. The molecule has 0 spiro atoms. The smallest absolute Gasteiger partial charge is 0.303 e. The van der Waals surface area contributed by atoms with Crippen LogP contribution < -0.4 is 15.8 Å². The number of aliphatic carboxylic acids is 1. The molecule has 8 heteroatoms.